The Hall–Kier alpha value is -2.13. The van der Waals surface area contributed by atoms with Crippen molar-refractivity contribution in [2.45, 2.75) is 12.2 Å². The molecule has 0 aliphatic carbocycles. The molecule has 0 spiro atoms. The number of pyridine rings is 1. The number of hydrogen-bond donors (Lipinski definition) is 2. The smallest absolute Gasteiger partial charge is 0.269 e. The summed E-state index contributed by atoms with van der Waals surface area (Å²) in [6.07, 6.45) is 1.12. The van der Waals surface area contributed by atoms with Crippen molar-refractivity contribution < 1.29 is 14.3 Å². The van der Waals surface area contributed by atoms with E-state index in [2.05, 4.69) is 25.6 Å². The van der Waals surface area contributed by atoms with Crippen LogP contribution in [0.15, 0.2) is 24.5 Å². The molecular weight excluding hydrogens is 358 g/mol. The maximum Gasteiger partial charge on any atom is 0.269 e. The molecule has 9 heteroatoms. The van der Waals surface area contributed by atoms with Crippen LogP contribution in [-0.4, -0.2) is 60.8 Å². The van der Waals surface area contributed by atoms with Gasteiger partial charge in [0, 0.05) is 27.2 Å². The van der Waals surface area contributed by atoms with Crippen molar-refractivity contribution in [3.05, 3.63) is 40.9 Å². The van der Waals surface area contributed by atoms with Crippen LogP contribution in [0.5, 0.6) is 0 Å². The van der Waals surface area contributed by atoms with E-state index in [1.807, 2.05) is 6.07 Å². The summed E-state index contributed by atoms with van der Waals surface area (Å²) in [5.41, 5.74) is 2.21. The average Bonchev–Trinajstić information content (AvgIpc) is 2.67. The third-order valence-corrected chi connectivity index (χ3v) is 4.18. The Kier molecular flexibility index (Phi) is 6.10. The minimum Gasteiger partial charge on any atom is -0.382 e. The number of amides is 1. The van der Waals surface area contributed by atoms with E-state index in [1.165, 1.54) is 6.33 Å². The Labute approximate surface area is 156 Å². The number of methoxy groups -OCH3 is 1. The topological polar surface area (TPSA) is 98.3 Å². The number of ether oxygens (including phenoxy) is 2. The summed E-state index contributed by atoms with van der Waals surface area (Å²) in [5.74, 6) is -0.293. The van der Waals surface area contributed by atoms with E-state index in [0.29, 0.717) is 29.7 Å². The number of carbonyl (C=O) groups excluding carboxylic acids is 1. The van der Waals surface area contributed by atoms with Crippen LogP contribution < -0.4 is 10.6 Å². The molecule has 1 aliphatic rings. The van der Waals surface area contributed by atoms with E-state index < -0.39 is 0 Å². The van der Waals surface area contributed by atoms with E-state index >= 15 is 0 Å². The van der Waals surface area contributed by atoms with E-state index in [-0.39, 0.29) is 23.8 Å². The molecule has 0 saturated carbocycles. The lowest BCUT2D eigenvalue weighted by atomic mass is 10.1. The highest BCUT2D eigenvalue weighted by molar-refractivity contribution is 6.29. The first kappa shape index (κ1) is 18.7. The lowest BCUT2D eigenvalue weighted by molar-refractivity contribution is -0.0697. The van der Waals surface area contributed by atoms with E-state index in [9.17, 15) is 4.79 Å². The summed E-state index contributed by atoms with van der Waals surface area (Å²) in [6, 6.07) is 5.21. The van der Waals surface area contributed by atoms with Gasteiger partial charge in [-0.2, -0.15) is 0 Å². The summed E-state index contributed by atoms with van der Waals surface area (Å²) < 4.78 is 11.2. The maximum atomic E-state index is 11.8. The Bertz CT molecular complexity index is 787. The van der Waals surface area contributed by atoms with Crippen molar-refractivity contribution in [2.24, 2.45) is 0 Å². The summed E-state index contributed by atoms with van der Waals surface area (Å²) in [7, 11) is 3.19. The molecule has 1 aliphatic heterocycles. The monoisotopic (exact) mass is 377 g/mol. The fourth-order valence-electron chi connectivity index (χ4n) is 2.77. The Morgan fingerprint density at radius 1 is 1.35 bits per heavy atom. The first-order chi connectivity index (χ1) is 12.6. The normalized spacial score (nSPS) is 20.0. The molecule has 3 heterocycles. The second-order valence-corrected chi connectivity index (χ2v) is 6.22. The minimum absolute atomic E-state index is 0.0342. The predicted molar refractivity (Wildman–Crippen MR) is 96.0 cm³/mol. The van der Waals surface area contributed by atoms with Gasteiger partial charge in [-0.1, -0.05) is 11.6 Å². The predicted octanol–water partition coefficient (Wildman–Crippen LogP) is 1.23. The standard InChI is InChI=1S/C17H20ClN5O3/c1-19-17(24)14-5-12(21-9-22-14)13-3-10(4-16(18)23-13)15-7-20-6-11(26-15)8-25-2/h3-5,9,11,15,20H,6-8H2,1-2H3,(H,19,24). The van der Waals surface area contributed by atoms with Gasteiger partial charge < -0.3 is 20.1 Å². The molecule has 3 rings (SSSR count). The average molecular weight is 378 g/mol. The van der Waals surface area contributed by atoms with Gasteiger partial charge in [-0.25, -0.2) is 15.0 Å². The minimum atomic E-state index is -0.293. The Morgan fingerprint density at radius 3 is 2.96 bits per heavy atom. The van der Waals surface area contributed by atoms with Crippen LogP contribution in [-0.2, 0) is 9.47 Å². The van der Waals surface area contributed by atoms with Crippen LogP contribution in [0.2, 0.25) is 5.15 Å². The number of carbonyl (C=O) groups is 1. The lowest BCUT2D eigenvalue weighted by Crippen LogP contribution is -2.42. The third-order valence-electron chi connectivity index (χ3n) is 3.99. The zero-order valence-electron chi connectivity index (χ0n) is 14.5. The number of nitrogens with one attached hydrogen (secondary N) is 2. The summed E-state index contributed by atoms with van der Waals surface area (Å²) >= 11 is 6.21. The largest absolute Gasteiger partial charge is 0.382 e. The fraction of sp³-hybridized carbons (Fsp3) is 0.412. The molecule has 2 N–H and O–H groups in total. The van der Waals surface area contributed by atoms with Crippen molar-refractivity contribution in [3.8, 4) is 11.4 Å². The van der Waals surface area contributed by atoms with Crippen molar-refractivity contribution >= 4 is 17.5 Å². The van der Waals surface area contributed by atoms with Crippen molar-refractivity contribution in [2.75, 3.05) is 33.9 Å². The number of halogens is 1. The van der Waals surface area contributed by atoms with Crippen LogP contribution in [0.1, 0.15) is 22.2 Å². The van der Waals surface area contributed by atoms with Gasteiger partial charge in [0.2, 0.25) is 0 Å². The van der Waals surface area contributed by atoms with Crippen LogP contribution in [0, 0.1) is 0 Å². The molecule has 1 saturated heterocycles. The van der Waals surface area contributed by atoms with Gasteiger partial charge in [-0.3, -0.25) is 4.79 Å². The van der Waals surface area contributed by atoms with Gasteiger partial charge in [-0.15, -0.1) is 0 Å². The van der Waals surface area contributed by atoms with Crippen LogP contribution >= 0.6 is 11.6 Å². The first-order valence-electron chi connectivity index (χ1n) is 8.17. The summed E-state index contributed by atoms with van der Waals surface area (Å²) in [4.78, 5) is 24.3. The van der Waals surface area contributed by atoms with Gasteiger partial charge in [0.05, 0.1) is 30.2 Å². The van der Waals surface area contributed by atoms with E-state index in [4.69, 9.17) is 21.1 Å². The number of morpholine rings is 1. The van der Waals surface area contributed by atoms with Crippen molar-refractivity contribution in [1.82, 2.24) is 25.6 Å². The van der Waals surface area contributed by atoms with Gasteiger partial charge in [0.15, 0.2) is 0 Å². The Balaban J connectivity index is 1.89. The van der Waals surface area contributed by atoms with Gasteiger partial charge in [0.1, 0.15) is 17.2 Å². The molecule has 138 valence electrons. The maximum absolute atomic E-state index is 11.8. The van der Waals surface area contributed by atoms with Gasteiger partial charge in [0.25, 0.3) is 5.91 Å². The van der Waals surface area contributed by atoms with Crippen LogP contribution in [0.25, 0.3) is 11.4 Å². The summed E-state index contributed by atoms with van der Waals surface area (Å²) in [5, 5.41) is 6.20. The number of aromatic nitrogens is 3. The highest BCUT2D eigenvalue weighted by Gasteiger charge is 2.24. The highest BCUT2D eigenvalue weighted by atomic mass is 35.5. The molecule has 26 heavy (non-hydrogen) atoms. The summed E-state index contributed by atoms with van der Waals surface area (Å²) in [6.45, 7) is 1.90. The second kappa shape index (κ2) is 8.50. The molecule has 8 nitrogen and oxygen atoms in total. The molecule has 1 amide bonds. The zero-order chi connectivity index (χ0) is 18.5. The molecule has 2 unspecified atom stereocenters. The molecule has 2 aromatic heterocycles. The van der Waals surface area contributed by atoms with E-state index in [0.717, 1.165) is 12.1 Å². The number of rotatable bonds is 5. The Morgan fingerprint density at radius 2 is 2.19 bits per heavy atom. The van der Waals surface area contributed by atoms with Crippen LogP contribution in [0.3, 0.4) is 0 Å². The lowest BCUT2D eigenvalue weighted by Gasteiger charge is -2.31. The molecule has 2 atom stereocenters. The zero-order valence-corrected chi connectivity index (χ0v) is 15.3. The molecule has 2 aromatic rings. The molecule has 0 bridgehead atoms. The van der Waals surface area contributed by atoms with E-state index in [1.54, 1.807) is 26.3 Å². The number of hydrogen-bond acceptors (Lipinski definition) is 7. The third kappa shape index (κ3) is 4.34. The quantitative estimate of drug-likeness (QED) is 0.756. The fourth-order valence-corrected chi connectivity index (χ4v) is 2.98. The second-order valence-electron chi connectivity index (χ2n) is 5.84. The van der Waals surface area contributed by atoms with Gasteiger partial charge in [-0.05, 0) is 23.8 Å². The van der Waals surface area contributed by atoms with Gasteiger partial charge >= 0.3 is 0 Å². The molecular formula is C17H20ClN5O3. The molecule has 1 fully saturated rings. The highest BCUT2D eigenvalue weighted by Crippen LogP contribution is 2.27. The van der Waals surface area contributed by atoms with Crippen LogP contribution in [0.4, 0.5) is 0 Å². The molecule has 0 radical (unpaired) electrons. The number of nitrogens with zero attached hydrogens (tertiary/aromatic N) is 3. The van der Waals surface area contributed by atoms with Crippen molar-refractivity contribution in [1.29, 1.82) is 0 Å². The first-order valence-corrected chi connectivity index (χ1v) is 8.55. The van der Waals surface area contributed by atoms with Crippen molar-refractivity contribution in [3.63, 3.8) is 0 Å². The SMILES string of the molecule is CNC(=O)c1cc(-c2cc(C3CNCC(COC)O3)cc(Cl)n2)ncn1. The molecule has 0 aromatic carbocycles.